The standard InChI is InChI=1S/C27H30N2O4/c1-20(27(31)28-18-21-10-6-4-7-11-21)29(19-22-12-8-5-9-13-22)26(30)17-23-14-15-24(32-2)25(16-23)33-3/h4-16,20H,17-19H2,1-3H3,(H,28,31)/t20-/m1/s1. The van der Waals surface area contributed by atoms with Crippen molar-refractivity contribution >= 4 is 11.8 Å². The highest BCUT2D eigenvalue weighted by Crippen LogP contribution is 2.28. The summed E-state index contributed by atoms with van der Waals surface area (Å²) in [4.78, 5) is 27.9. The molecule has 0 unspecified atom stereocenters. The number of benzene rings is 3. The van der Waals surface area contributed by atoms with Crippen molar-refractivity contribution in [2.45, 2.75) is 32.5 Å². The van der Waals surface area contributed by atoms with Crippen molar-refractivity contribution in [1.29, 1.82) is 0 Å². The number of hydrogen-bond donors (Lipinski definition) is 1. The molecule has 0 bridgehead atoms. The molecule has 3 rings (SSSR count). The fourth-order valence-corrected chi connectivity index (χ4v) is 3.56. The number of rotatable bonds is 10. The highest BCUT2D eigenvalue weighted by Gasteiger charge is 2.26. The minimum Gasteiger partial charge on any atom is -0.493 e. The fourth-order valence-electron chi connectivity index (χ4n) is 3.56. The summed E-state index contributed by atoms with van der Waals surface area (Å²) in [7, 11) is 3.13. The first-order chi connectivity index (χ1) is 16.0. The monoisotopic (exact) mass is 446 g/mol. The van der Waals surface area contributed by atoms with Gasteiger partial charge in [0.15, 0.2) is 11.5 Å². The van der Waals surface area contributed by atoms with Crippen LogP contribution in [0.15, 0.2) is 78.9 Å². The predicted octanol–water partition coefficient (Wildman–Crippen LogP) is 3.98. The molecule has 3 aromatic rings. The van der Waals surface area contributed by atoms with Crippen LogP contribution < -0.4 is 14.8 Å². The lowest BCUT2D eigenvalue weighted by molar-refractivity contribution is -0.140. The molecule has 1 atom stereocenters. The number of carbonyl (C=O) groups excluding carboxylic acids is 2. The minimum absolute atomic E-state index is 0.142. The van der Waals surface area contributed by atoms with E-state index >= 15 is 0 Å². The fraction of sp³-hybridized carbons (Fsp3) is 0.259. The van der Waals surface area contributed by atoms with Gasteiger partial charge in [-0.2, -0.15) is 0 Å². The number of methoxy groups -OCH3 is 2. The molecule has 0 aromatic heterocycles. The van der Waals surface area contributed by atoms with E-state index < -0.39 is 6.04 Å². The minimum atomic E-state index is -0.637. The van der Waals surface area contributed by atoms with Crippen LogP contribution in [0.25, 0.3) is 0 Å². The van der Waals surface area contributed by atoms with Crippen LogP contribution in [0.2, 0.25) is 0 Å². The second-order valence-electron chi connectivity index (χ2n) is 7.75. The zero-order valence-electron chi connectivity index (χ0n) is 19.3. The highest BCUT2D eigenvalue weighted by molar-refractivity contribution is 5.88. The van der Waals surface area contributed by atoms with E-state index in [1.165, 1.54) is 0 Å². The molecule has 33 heavy (non-hydrogen) atoms. The van der Waals surface area contributed by atoms with E-state index in [0.717, 1.165) is 16.7 Å². The van der Waals surface area contributed by atoms with Crippen LogP contribution >= 0.6 is 0 Å². The maximum atomic E-state index is 13.4. The number of amides is 2. The summed E-state index contributed by atoms with van der Waals surface area (Å²) >= 11 is 0. The second kappa shape index (κ2) is 11.7. The van der Waals surface area contributed by atoms with Gasteiger partial charge in [-0.1, -0.05) is 66.7 Å². The van der Waals surface area contributed by atoms with Crippen molar-refractivity contribution in [1.82, 2.24) is 10.2 Å². The second-order valence-corrected chi connectivity index (χ2v) is 7.75. The molecule has 1 N–H and O–H groups in total. The van der Waals surface area contributed by atoms with Gasteiger partial charge in [-0.3, -0.25) is 9.59 Å². The summed E-state index contributed by atoms with van der Waals surface area (Å²) in [5.74, 6) is 0.818. The van der Waals surface area contributed by atoms with Crippen LogP contribution in [0, 0.1) is 0 Å². The van der Waals surface area contributed by atoms with Gasteiger partial charge in [-0.05, 0) is 35.7 Å². The average molecular weight is 447 g/mol. The van der Waals surface area contributed by atoms with E-state index in [0.29, 0.717) is 24.6 Å². The molecule has 6 nitrogen and oxygen atoms in total. The Kier molecular flexibility index (Phi) is 8.47. The van der Waals surface area contributed by atoms with Gasteiger partial charge >= 0.3 is 0 Å². The molecule has 0 fully saturated rings. The van der Waals surface area contributed by atoms with E-state index in [4.69, 9.17) is 9.47 Å². The lowest BCUT2D eigenvalue weighted by atomic mass is 10.1. The number of nitrogens with one attached hydrogen (secondary N) is 1. The van der Waals surface area contributed by atoms with Gasteiger partial charge < -0.3 is 19.7 Å². The first kappa shape index (κ1) is 23.9. The van der Waals surface area contributed by atoms with Crippen molar-refractivity contribution in [2.75, 3.05) is 14.2 Å². The van der Waals surface area contributed by atoms with Crippen LogP contribution in [0.1, 0.15) is 23.6 Å². The Morgan fingerprint density at radius 2 is 1.42 bits per heavy atom. The van der Waals surface area contributed by atoms with E-state index in [9.17, 15) is 9.59 Å². The van der Waals surface area contributed by atoms with Crippen LogP contribution in [0.4, 0.5) is 0 Å². The van der Waals surface area contributed by atoms with Crippen molar-refractivity contribution in [3.63, 3.8) is 0 Å². The SMILES string of the molecule is COc1ccc(CC(=O)N(Cc2ccccc2)[C@H](C)C(=O)NCc2ccccc2)cc1OC. The van der Waals surface area contributed by atoms with Crippen LogP contribution in [0.5, 0.6) is 11.5 Å². The maximum Gasteiger partial charge on any atom is 0.242 e. The zero-order valence-corrected chi connectivity index (χ0v) is 19.3. The molecule has 0 aliphatic heterocycles. The van der Waals surface area contributed by atoms with Gasteiger partial charge in [0.1, 0.15) is 6.04 Å². The van der Waals surface area contributed by atoms with Crippen LogP contribution in [-0.2, 0) is 29.1 Å². The third kappa shape index (κ3) is 6.59. The summed E-state index contributed by atoms with van der Waals surface area (Å²) in [6.45, 7) is 2.51. The van der Waals surface area contributed by atoms with Gasteiger partial charge in [0.2, 0.25) is 11.8 Å². The van der Waals surface area contributed by atoms with Crippen molar-refractivity contribution in [3.8, 4) is 11.5 Å². The summed E-state index contributed by atoms with van der Waals surface area (Å²) in [5.41, 5.74) is 2.75. The van der Waals surface area contributed by atoms with Gasteiger partial charge in [0.25, 0.3) is 0 Å². The van der Waals surface area contributed by atoms with Gasteiger partial charge in [-0.25, -0.2) is 0 Å². The average Bonchev–Trinajstić information content (AvgIpc) is 2.86. The first-order valence-corrected chi connectivity index (χ1v) is 10.9. The maximum absolute atomic E-state index is 13.4. The molecule has 0 aliphatic carbocycles. The topological polar surface area (TPSA) is 67.9 Å². The predicted molar refractivity (Wildman–Crippen MR) is 128 cm³/mol. The first-order valence-electron chi connectivity index (χ1n) is 10.9. The molecule has 0 aliphatic rings. The van der Waals surface area contributed by atoms with E-state index in [-0.39, 0.29) is 18.2 Å². The molecule has 6 heteroatoms. The summed E-state index contributed by atoms with van der Waals surface area (Å²) < 4.78 is 10.6. The Balaban J connectivity index is 1.76. The van der Waals surface area contributed by atoms with Crippen LogP contribution in [0.3, 0.4) is 0 Å². The van der Waals surface area contributed by atoms with Gasteiger partial charge in [-0.15, -0.1) is 0 Å². The molecule has 0 heterocycles. The summed E-state index contributed by atoms with van der Waals surface area (Å²) in [6.07, 6.45) is 0.142. The normalized spacial score (nSPS) is 11.4. The van der Waals surface area contributed by atoms with E-state index in [2.05, 4.69) is 5.32 Å². The Bertz CT molecular complexity index is 1050. The number of ether oxygens (including phenoxy) is 2. The Labute approximate surface area is 195 Å². The van der Waals surface area contributed by atoms with Crippen molar-refractivity contribution in [2.24, 2.45) is 0 Å². The third-order valence-electron chi connectivity index (χ3n) is 5.48. The molecule has 0 saturated heterocycles. The zero-order chi connectivity index (χ0) is 23.6. The summed E-state index contributed by atoms with van der Waals surface area (Å²) in [5, 5.41) is 2.95. The number of carbonyl (C=O) groups is 2. The lowest BCUT2D eigenvalue weighted by Crippen LogP contribution is -2.47. The highest BCUT2D eigenvalue weighted by atomic mass is 16.5. The van der Waals surface area contributed by atoms with E-state index in [1.807, 2.05) is 66.7 Å². The molecule has 0 radical (unpaired) electrons. The Morgan fingerprint density at radius 1 is 0.818 bits per heavy atom. The largest absolute Gasteiger partial charge is 0.493 e. The molecular formula is C27H30N2O4. The molecule has 3 aromatic carbocycles. The summed E-state index contributed by atoms with van der Waals surface area (Å²) in [6, 6.07) is 24.1. The van der Waals surface area contributed by atoms with Crippen molar-refractivity contribution < 1.29 is 19.1 Å². The van der Waals surface area contributed by atoms with Crippen LogP contribution in [-0.4, -0.2) is 37.0 Å². The molecule has 0 saturated carbocycles. The quantitative estimate of drug-likeness (QED) is 0.512. The third-order valence-corrected chi connectivity index (χ3v) is 5.48. The smallest absolute Gasteiger partial charge is 0.242 e. The molecular weight excluding hydrogens is 416 g/mol. The number of hydrogen-bond acceptors (Lipinski definition) is 4. The van der Waals surface area contributed by atoms with Gasteiger partial charge in [0.05, 0.1) is 20.6 Å². The van der Waals surface area contributed by atoms with Gasteiger partial charge in [0, 0.05) is 13.1 Å². The number of nitrogens with zero attached hydrogens (tertiary/aromatic N) is 1. The Hall–Kier alpha value is -3.80. The molecule has 2 amide bonds. The van der Waals surface area contributed by atoms with E-state index in [1.54, 1.807) is 38.2 Å². The Morgan fingerprint density at radius 3 is 2.03 bits per heavy atom. The van der Waals surface area contributed by atoms with Crippen molar-refractivity contribution in [3.05, 3.63) is 95.6 Å². The lowest BCUT2D eigenvalue weighted by Gasteiger charge is -2.29. The molecule has 172 valence electrons. The molecule has 0 spiro atoms.